The van der Waals surface area contributed by atoms with Gasteiger partial charge in [0.2, 0.25) is 0 Å². The number of ether oxygens (including phenoxy) is 4. The average Bonchev–Trinajstić information content (AvgIpc) is 3.02. The highest BCUT2D eigenvalue weighted by molar-refractivity contribution is 8.18. The molecule has 0 aliphatic carbocycles. The zero-order valence-corrected chi connectivity index (χ0v) is 28.5. The van der Waals surface area contributed by atoms with Crippen LogP contribution in [0.5, 0.6) is 23.0 Å². The third-order valence-corrected chi connectivity index (χ3v) is 10.6. The van der Waals surface area contributed by atoms with Gasteiger partial charge in [0.1, 0.15) is 11.5 Å². The summed E-state index contributed by atoms with van der Waals surface area (Å²) in [5, 5.41) is 0. The number of halogens is 1. The lowest BCUT2D eigenvalue weighted by atomic mass is 10.00. The molecule has 0 fully saturated rings. The molecule has 0 spiro atoms. The van der Waals surface area contributed by atoms with Crippen molar-refractivity contribution in [3.63, 3.8) is 0 Å². The second kappa shape index (κ2) is 15.8. The predicted octanol–water partition coefficient (Wildman–Crippen LogP) is 7.31. The fraction of sp³-hybridized carbons (Fsp3) is 0.424. The van der Waals surface area contributed by atoms with E-state index in [-0.39, 0.29) is 18.3 Å². The Labute approximate surface area is 271 Å². The largest absolute Gasteiger partial charge is 0.497 e. The van der Waals surface area contributed by atoms with Gasteiger partial charge in [0.25, 0.3) is 5.91 Å². The van der Waals surface area contributed by atoms with Gasteiger partial charge in [-0.15, -0.1) is 24.2 Å². The van der Waals surface area contributed by atoms with E-state index < -0.39 is 4.08 Å². The molecule has 234 valence electrons. The summed E-state index contributed by atoms with van der Waals surface area (Å²) in [4.78, 5) is 19.0. The lowest BCUT2D eigenvalue weighted by molar-refractivity contribution is -0.118. The molecule has 1 aliphatic heterocycles. The molecule has 0 bridgehead atoms. The first-order valence-corrected chi connectivity index (χ1v) is 16.1. The summed E-state index contributed by atoms with van der Waals surface area (Å²) < 4.78 is 21.9. The highest BCUT2D eigenvalue weighted by atomic mass is 35.5. The first-order valence-electron chi connectivity index (χ1n) is 14.1. The van der Waals surface area contributed by atoms with Crippen LogP contribution in [0.3, 0.4) is 0 Å². The zero-order valence-electron chi connectivity index (χ0n) is 26.0. The maximum atomic E-state index is 13.9. The summed E-state index contributed by atoms with van der Waals surface area (Å²) in [6.45, 7) is 4.69. The van der Waals surface area contributed by atoms with Crippen LogP contribution >= 0.6 is 35.9 Å². The molecule has 7 nitrogen and oxygen atoms in total. The van der Waals surface area contributed by atoms with Gasteiger partial charge < -0.3 is 28.7 Å². The normalized spacial score (nSPS) is 16.7. The molecular formula is C33H43ClN2O5S2. The number of fused-ring (bicyclic) bond motifs is 1. The molecule has 10 heteroatoms. The van der Waals surface area contributed by atoms with Crippen LogP contribution in [0.15, 0.2) is 65.6 Å². The molecule has 2 atom stereocenters. The number of likely N-dealkylation sites (N-methyl/N-ethyl adjacent to an activating group) is 2. The third-order valence-electron chi connectivity index (χ3n) is 7.65. The summed E-state index contributed by atoms with van der Waals surface area (Å²) in [5.41, 5.74) is 2.97. The van der Waals surface area contributed by atoms with Crippen LogP contribution < -0.4 is 23.8 Å². The predicted molar refractivity (Wildman–Crippen MR) is 181 cm³/mol. The molecule has 1 aliphatic rings. The lowest BCUT2D eigenvalue weighted by Crippen LogP contribution is -2.44. The van der Waals surface area contributed by atoms with E-state index in [2.05, 4.69) is 37.1 Å². The number of para-hydroxylation sites is 1. The highest BCUT2D eigenvalue weighted by Crippen LogP contribution is 2.58. The molecule has 3 aromatic rings. The SMILES string of the molecule is COc1ccc(OCCCCN(C)CC(C)c2ccc(OC)c(OC)c2)c(C2(SC)Sc3ccccc3N(C)C2=O)c1.Cl. The molecule has 0 radical (unpaired) electrons. The Hall–Kier alpha value is -2.72. The molecule has 43 heavy (non-hydrogen) atoms. The van der Waals surface area contributed by atoms with E-state index >= 15 is 0 Å². The number of anilines is 1. The Balaban J connectivity index is 0.00000506. The van der Waals surface area contributed by atoms with Crippen molar-refractivity contribution in [2.24, 2.45) is 0 Å². The Kier molecular flexibility index (Phi) is 12.8. The summed E-state index contributed by atoms with van der Waals surface area (Å²) >= 11 is 3.10. The number of nitrogens with zero attached hydrogens (tertiary/aromatic N) is 2. The van der Waals surface area contributed by atoms with Gasteiger partial charge in [0, 0.05) is 24.1 Å². The van der Waals surface area contributed by atoms with E-state index in [0.717, 1.165) is 53.6 Å². The van der Waals surface area contributed by atoms with Crippen LogP contribution in [-0.4, -0.2) is 72.2 Å². The van der Waals surface area contributed by atoms with Crippen molar-refractivity contribution in [1.82, 2.24) is 4.90 Å². The van der Waals surface area contributed by atoms with E-state index in [9.17, 15) is 4.79 Å². The van der Waals surface area contributed by atoms with Gasteiger partial charge in [-0.2, -0.15) is 0 Å². The third kappa shape index (κ3) is 7.69. The fourth-order valence-corrected chi connectivity index (χ4v) is 7.82. The summed E-state index contributed by atoms with van der Waals surface area (Å²) in [7, 11) is 8.96. The topological polar surface area (TPSA) is 60.5 Å². The second-order valence-corrected chi connectivity index (χ2v) is 13.0. The van der Waals surface area contributed by atoms with Crippen molar-refractivity contribution in [2.75, 3.05) is 66.3 Å². The summed E-state index contributed by atoms with van der Waals surface area (Å²) in [6, 6.07) is 19.9. The number of carbonyl (C=O) groups is 1. The van der Waals surface area contributed by atoms with Gasteiger partial charge >= 0.3 is 0 Å². The lowest BCUT2D eigenvalue weighted by Gasteiger charge is -2.40. The first-order chi connectivity index (χ1) is 20.3. The first kappa shape index (κ1) is 34.8. The van der Waals surface area contributed by atoms with Crippen molar-refractivity contribution >= 4 is 47.5 Å². The van der Waals surface area contributed by atoms with Crippen LogP contribution in [0, 0.1) is 0 Å². The van der Waals surface area contributed by atoms with Gasteiger partial charge in [-0.1, -0.05) is 36.9 Å². The van der Waals surface area contributed by atoms with Gasteiger partial charge in [-0.05, 0) is 86.6 Å². The molecule has 0 saturated heterocycles. The Morgan fingerprint density at radius 3 is 2.37 bits per heavy atom. The smallest absolute Gasteiger partial charge is 0.258 e. The molecule has 4 rings (SSSR count). The van der Waals surface area contributed by atoms with Gasteiger partial charge in [-0.3, -0.25) is 4.79 Å². The maximum absolute atomic E-state index is 13.9. The number of thioether (sulfide) groups is 2. The monoisotopic (exact) mass is 646 g/mol. The average molecular weight is 647 g/mol. The van der Waals surface area contributed by atoms with E-state index in [1.807, 2.05) is 55.8 Å². The molecular weight excluding hydrogens is 604 g/mol. The fourth-order valence-electron chi connectivity index (χ4n) is 5.27. The second-order valence-electron chi connectivity index (χ2n) is 10.5. The van der Waals surface area contributed by atoms with E-state index in [4.69, 9.17) is 18.9 Å². The van der Waals surface area contributed by atoms with Gasteiger partial charge in [0.15, 0.2) is 15.6 Å². The number of benzene rings is 3. The highest BCUT2D eigenvalue weighted by Gasteiger charge is 2.49. The molecule has 0 N–H and O–H groups in total. The summed E-state index contributed by atoms with van der Waals surface area (Å²) in [5.74, 6) is 3.28. The number of carbonyl (C=O) groups excluding carboxylic acids is 1. The zero-order chi connectivity index (χ0) is 30.3. The minimum atomic E-state index is -0.881. The number of methoxy groups -OCH3 is 3. The molecule has 3 aromatic carbocycles. The van der Waals surface area contributed by atoms with E-state index in [1.165, 1.54) is 17.3 Å². The van der Waals surface area contributed by atoms with Crippen molar-refractivity contribution in [1.29, 1.82) is 0 Å². The van der Waals surface area contributed by atoms with Crippen LogP contribution in [-0.2, 0) is 8.87 Å². The van der Waals surface area contributed by atoms with Crippen LogP contribution in [0.2, 0.25) is 0 Å². The van der Waals surface area contributed by atoms with Crippen molar-refractivity contribution in [3.8, 4) is 23.0 Å². The maximum Gasteiger partial charge on any atom is 0.258 e. The number of hydrogen-bond donors (Lipinski definition) is 0. The summed E-state index contributed by atoms with van der Waals surface area (Å²) in [6.07, 6.45) is 3.88. The minimum Gasteiger partial charge on any atom is -0.497 e. The van der Waals surface area contributed by atoms with Crippen molar-refractivity contribution < 1.29 is 23.7 Å². The number of rotatable bonds is 14. The van der Waals surface area contributed by atoms with E-state index in [1.54, 1.807) is 38.0 Å². The number of hydrogen-bond acceptors (Lipinski definition) is 8. The Bertz CT molecular complexity index is 1380. The van der Waals surface area contributed by atoms with Crippen molar-refractivity contribution in [3.05, 3.63) is 71.8 Å². The molecule has 1 heterocycles. The molecule has 0 aromatic heterocycles. The minimum absolute atomic E-state index is 0. The van der Waals surface area contributed by atoms with Crippen molar-refractivity contribution in [2.45, 2.75) is 34.7 Å². The van der Waals surface area contributed by atoms with Gasteiger partial charge in [-0.25, -0.2) is 0 Å². The Morgan fingerprint density at radius 2 is 1.67 bits per heavy atom. The van der Waals surface area contributed by atoms with Crippen LogP contribution in [0.4, 0.5) is 5.69 Å². The molecule has 2 unspecified atom stereocenters. The van der Waals surface area contributed by atoms with E-state index in [0.29, 0.717) is 24.0 Å². The van der Waals surface area contributed by atoms with Crippen LogP contribution in [0.1, 0.15) is 36.8 Å². The standard InChI is InChI=1S/C33H42N2O5S2.ClH/c1-23(24-14-16-29(38-5)30(20-24)39-6)22-34(2)18-10-11-19-40-28-17-15-25(37-4)21-26(28)33(41-7)32(36)35(3)27-12-8-9-13-31(27)42-33;/h8-9,12-17,20-21,23H,10-11,18-19,22H2,1-7H3;1H. The molecule has 1 amide bonds. The van der Waals surface area contributed by atoms with Crippen LogP contribution in [0.25, 0.3) is 0 Å². The molecule has 0 saturated carbocycles. The van der Waals surface area contributed by atoms with Gasteiger partial charge in [0.05, 0.1) is 33.6 Å². The Morgan fingerprint density at radius 1 is 0.953 bits per heavy atom. The number of amides is 1. The quantitative estimate of drug-likeness (QED) is 0.169. The number of unbranched alkanes of at least 4 members (excludes halogenated alkanes) is 1.